The summed E-state index contributed by atoms with van der Waals surface area (Å²) in [7, 11) is 1.89. The molecule has 1 aliphatic carbocycles. The molecular weight excluding hydrogens is 272 g/mol. The third-order valence-corrected chi connectivity index (χ3v) is 4.14. The summed E-state index contributed by atoms with van der Waals surface area (Å²) in [4.78, 5) is 14.1. The molecule has 3 heteroatoms. The van der Waals surface area contributed by atoms with Crippen molar-refractivity contribution in [3.8, 4) is 11.1 Å². The van der Waals surface area contributed by atoms with Crippen LogP contribution in [0.5, 0.6) is 0 Å². The fourth-order valence-electron chi connectivity index (χ4n) is 3.08. The Balaban J connectivity index is 2.05. The first kappa shape index (κ1) is 14.5. The number of carbonyl (C=O) groups excluding carboxylic acids is 1. The molecule has 0 aromatic heterocycles. The summed E-state index contributed by atoms with van der Waals surface area (Å²) in [5, 5.41) is 3.10. The number of likely N-dealkylation sites (N-methyl/N-ethyl adjacent to an activating group) is 1. The van der Waals surface area contributed by atoms with Crippen molar-refractivity contribution in [2.45, 2.75) is 6.42 Å². The molecule has 0 saturated carbocycles. The lowest BCUT2D eigenvalue weighted by molar-refractivity contribution is -0.114. The largest absolute Gasteiger partial charge is 0.318 e. The molecule has 0 heterocycles. The zero-order chi connectivity index (χ0) is 15.5. The van der Waals surface area contributed by atoms with E-state index in [1.54, 1.807) is 0 Å². The maximum Gasteiger partial charge on any atom is 0.250 e. The molecule has 3 nitrogen and oxygen atoms in total. The molecule has 22 heavy (non-hydrogen) atoms. The quantitative estimate of drug-likeness (QED) is 0.733. The number of hydrogen-bond acceptors (Lipinski definition) is 2. The molecule has 0 spiro atoms. The Morgan fingerprint density at radius 1 is 1.23 bits per heavy atom. The fourth-order valence-corrected chi connectivity index (χ4v) is 3.08. The van der Waals surface area contributed by atoms with Crippen LogP contribution in [0.15, 0.2) is 55.1 Å². The zero-order valence-corrected chi connectivity index (χ0v) is 12.8. The van der Waals surface area contributed by atoms with Crippen molar-refractivity contribution in [2.24, 2.45) is 0 Å². The number of benzene rings is 2. The van der Waals surface area contributed by atoms with Crippen LogP contribution in [-0.2, 0) is 11.2 Å². The van der Waals surface area contributed by atoms with Crippen molar-refractivity contribution >= 4 is 11.6 Å². The van der Waals surface area contributed by atoms with Crippen molar-refractivity contribution < 1.29 is 4.79 Å². The van der Waals surface area contributed by atoms with Gasteiger partial charge in [-0.15, -0.1) is 0 Å². The van der Waals surface area contributed by atoms with E-state index in [0.29, 0.717) is 6.54 Å². The van der Waals surface area contributed by atoms with Gasteiger partial charge in [0.15, 0.2) is 0 Å². The minimum Gasteiger partial charge on any atom is -0.318 e. The van der Waals surface area contributed by atoms with Crippen LogP contribution in [0.2, 0.25) is 0 Å². The first-order chi connectivity index (χ1) is 10.8. The maximum absolute atomic E-state index is 12.3. The normalized spacial score (nSPS) is 11.7. The number of nitrogens with zero attached hydrogens (tertiary/aromatic N) is 1. The molecule has 0 saturated heterocycles. The molecular formula is C19H20N2O. The van der Waals surface area contributed by atoms with Gasteiger partial charge in [-0.25, -0.2) is 0 Å². The standard InChI is InChI=1S/C19H20N2O/c1-3-19(22)21(12-11-20-2)18-10-6-9-16-15-8-5-4-7-14(15)13-17(16)18/h3-10,20H,1,11-13H2,2H3. The van der Waals surface area contributed by atoms with E-state index in [0.717, 1.165) is 18.7 Å². The first-order valence-corrected chi connectivity index (χ1v) is 7.55. The van der Waals surface area contributed by atoms with Crippen LogP contribution in [0, 0.1) is 0 Å². The third-order valence-electron chi connectivity index (χ3n) is 4.14. The topological polar surface area (TPSA) is 32.3 Å². The minimum absolute atomic E-state index is 0.0559. The third kappa shape index (κ3) is 2.44. The SMILES string of the molecule is C=CC(=O)N(CCNC)c1cccc2c1Cc1ccccc1-2. The van der Waals surface area contributed by atoms with Crippen molar-refractivity contribution in [2.75, 3.05) is 25.0 Å². The van der Waals surface area contributed by atoms with Crippen LogP contribution in [-0.4, -0.2) is 26.0 Å². The summed E-state index contributed by atoms with van der Waals surface area (Å²) in [6, 6.07) is 14.6. The highest BCUT2D eigenvalue weighted by molar-refractivity contribution is 6.02. The first-order valence-electron chi connectivity index (χ1n) is 7.55. The molecule has 2 aromatic rings. The van der Waals surface area contributed by atoms with E-state index in [1.807, 2.05) is 24.1 Å². The summed E-state index contributed by atoms with van der Waals surface area (Å²) in [6.45, 7) is 5.02. The van der Waals surface area contributed by atoms with Gasteiger partial charge in [-0.05, 0) is 41.4 Å². The van der Waals surface area contributed by atoms with Crippen LogP contribution in [0.4, 0.5) is 5.69 Å². The fraction of sp³-hybridized carbons (Fsp3) is 0.211. The number of anilines is 1. The lowest BCUT2D eigenvalue weighted by Crippen LogP contribution is -2.35. The minimum atomic E-state index is -0.0559. The van der Waals surface area contributed by atoms with Crippen molar-refractivity contribution in [1.82, 2.24) is 5.32 Å². The Morgan fingerprint density at radius 3 is 2.77 bits per heavy atom. The Hall–Kier alpha value is -2.39. The van der Waals surface area contributed by atoms with E-state index in [9.17, 15) is 4.79 Å². The van der Waals surface area contributed by atoms with Gasteiger partial charge in [0.05, 0.1) is 0 Å². The van der Waals surface area contributed by atoms with Gasteiger partial charge in [0, 0.05) is 25.2 Å². The molecule has 0 aliphatic heterocycles. The highest BCUT2D eigenvalue weighted by atomic mass is 16.2. The van der Waals surface area contributed by atoms with Crippen LogP contribution < -0.4 is 10.2 Å². The van der Waals surface area contributed by atoms with Crippen molar-refractivity contribution in [1.29, 1.82) is 0 Å². The van der Waals surface area contributed by atoms with E-state index in [-0.39, 0.29) is 5.91 Å². The highest BCUT2D eigenvalue weighted by Gasteiger charge is 2.24. The van der Waals surface area contributed by atoms with Gasteiger partial charge in [-0.3, -0.25) is 4.79 Å². The molecule has 0 atom stereocenters. The second-order valence-electron chi connectivity index (χ2n) is 5.43. The molecule has 3 rings (SSSR count). The predicted octanol–water partition coefficient (Wildman–Crippen LogP) is 3.00. The second-order valence-corrected chi connectivity index (χ2v) is 5.43. The number of hydrogen-bond donors (Lipinski definition) is 1. The van der Waals surface area contributed by atoms with Gasteiger partial charge in [0.1, 0.15) is 0 Å². The number of carbonyl (C=O) groups is 1. The molecule has 2 aromatic carbocycles. The molecule has 1 N–H and O–H groups in total. The smallest absolute Gasteiger partial charge is 0.250 e. The summed E-state index contributed by atoms with van der Waals surface area (Å²) in [6.07, 6.45) is 2.26. The second kappa shape index (κ2) is 6.16. The van der Waals surface area contributed by atoms with Crippen LogP contribution in [0.3, 0.4) is 0 Å². The Labute approximate surface area is 131 Å². The monoisotopic (exact) mass is 292 g/mol. The van der Waals surface area contributed by atoms with Crippen molar-refractivity contribution in [3.63, 3.8) is 0 Å². The van der Waals surface area contributed by atoms with Crippen LogP contribution in [0.1, 0.15) is 11.1 Å². The van der Waals surface area contributed by atoms with Crippen LogP contribution >= 0.6 is 0 Å². The van der Waals surface area contributed by atoms with E-state index in [2.05, 4.69) is 42.2 Å². The molecule has 0 radical (unpaired) electrons. The maximum atomic E-state index is 12.3. The number of rotatable bonds is 5. The summed E-state index contributed by atoms with van der Waals surface area (Å²) < 4.78 is 0. The molecule has 1 amide bonds. The zero-order valence-electron chi connectivity index (χ0n) is 12.8. The van der Waals surface area contributed by atoms with E-state index < -0.39 is 0 Å². The molecule has 1 aliphatic rings. The average molecular weight is 292 g/mol. The van der Waals surface area contributed by atoms with Crippen molar-refractivity contribution in [3.05, 3.63) is 66.2 Å². The van der Waals surface area contributed by atoms with Gasteiger partial charge in [-0.1, -0.05) is 43.0 Å². The average Bonchev–Trinajstić information content (AvgIpc) is 2.94. The summed E-state index contributed by atoms with van der Waals surface area (Å²) >= 11 is 0. The van der Waals surface area contributed by atoms with E-state index in [1.165, 1.54) is 28.3 Å². The van der Waals surface area contributed by atoms with Gasteiger partial charge in [-0.2, -0.15) is 0 Å². The Bertz CT molecular complexity index is 721. The Morgan fingerprint density at radius 2 is 2.00 bits per heavy atom. The lowest BCUT2D eigenvalue weighted by Gasteiger charge is -2.24. The molecule has 0 fully saturated rings. The summed E-state index contributed by atoms with van der Waals surface area (Å²) in [5.41, 5.74) is 6.06. The Kier molecular flexibility index (Phi) is 4.07. The van der Waals surface area contributed by atoms with E-state index >= 15 is 0 Å². The van der Waals surface area contributed by atoms with Gasteiger partial charge in [0.2, 0.25) is 5.91 Å². The predicted molar refractivity (Wildman–Crippen MR) is 91.2 cm³/mol. The van der Waals surface area contributed by atoms with Gasteiger partial charge < -0.3 is 10.2 Å². The summed E-state index contributed by atoms with van der Waals surface area (Å²) in [5.74, 6) is -0.0559. The number of nitrogens with one attached hydrogen (secondary N) is 1. The van der Waals surface area contributed by atoms with Gasteiger partial charge in [0.25, 0.3) is 0 Å². The number of fused-ring (bicyclic) bond motifs is 3. The number of amides is 1. The lowest BCUT2D eigenvalue weighted by atomic mass is 10.0. The molecule has 0 bridgehead atoms. The van der Waals surface area contributed by atoms with E-state index in [4.69, 9.17) is 0 Å². The highest BCUT2D eigenvalue weighted by Crippen LogP contribution is 2.41. The van der Waals surface area contributed by atoms with Crippen LogP contribution in [0.25, 0.3) is 11.1 Å². The molecule has 0 unspecified atom stereocenters. The molecule has 112 valence electrons. The van der Waals surface area contributed by atoms with Gasteiger partial charge >= 0.3 is 0 Å².